The van der Waals surface area contributed by atoms with Crippen LogP contribution in [0.5, 0.6) is 0 Å². The number of hydrogen-bond acceptors (Lipinski definition) is 5. The molecule has 0 aliphatic rings. The lowest BCUT2D eigenvalue weighted by Crippen LogP contribution is -2.27. The zero-order chi connectivity index (χ0) is 14.9. The SMILES string of the molecule is Cc1cnc([C@@H](C)NS(=O)(=O)c2cc(C(N)=O)cs2)[nH]1. The maximum Gasteiger partial charge on any atom is 0.250 e. The molecular formula is C11H14N4O3S2. The van der Waals surface area contributed by atoms with Gasteiger partial charge in [0, 0.05) is 17.3 Å². The Morgan fingerprint density at radius 1 is 1.55 bits per heavy atom. The third kappa shape index (κ3) is 3.06. The van der Waals surface area contributed by atoms with Gasteiger partial charge in [-0.2, -0.15) is 0 Å². The third-order valence-corrected chi connectivity index (χ3v) is 5.57. The number of carbonyl (C=O) groups is 1. The van der Waals surface area contributed by atoms with Gasteiger partial charge in [-0.15, -0.1) is 11.3 Å². The molecule has 2 aromatic heterocycles. The molecule has 0 radical (unpaired) electrons. The van der Waals surface area contributed by atoms with E-state index in [9.17, 15) is 13.2 Å². The molecule has 0 aliphatic carbocycles. The Labute approximate surface area is 120 Å². The predicted molar refractivity (Wildman–Crippen MR) is 74.9 cm³/mol. The number of aryl methyl sites for hydroxylation is 1. The van der Waals surface area contributed by atoms with Crippen LogP contribution in [0.3, 0.4) is 0 Å². The number of nitrogens with zero attached hydrogens (tertiary/aromatic N) is 1. The fraction of sp³-hybridized carbons (Fsp3) is 0.273. The largest absolute Gasteiger partial charge is 0.366 e. The summed E-state index contributed by atoms with van der Waals surface area (Å²) in [4.78, 5) is 18.0. The maximum atomic E-state index is 12.2. The Morgan fingerprint density at radius 3 is 2.75 bits per heavy atom. The molecule has 0 bridgehead atoms. The Hall–Kier alpha value is -1.71. The van der Waals surface area contributed by atoms with Crippen molar-refractivity contribution >= 4 is 27.3 Å². The van der Waals surface area contributed by atoms with E-state index in [0.717, 1.165) is 17.0 Å². The van der Waals surface area contributed by atoms with Crippen LogP contribution in [0.15, 0.2) is 21.9 Å². The summed E-state index contributed by atoms with van der Waals surface area (Å²) in [6, 6.07) is 0.753. The highest BCUT2D eigenvalue weighted by Gasteiger charge is 2.22. The lowest BCUT2D eigenvalue weighted by molar-refractivity contribution is 0.100. The van der Waals surface area contributed by atoms with Crippen LogP contribution in [0.4, 0.5) is 0 Å². The maximum absolute atomic E-state index is 12.2. The fourth-order valence-electron chi connectivity index (χ4n) is 1.59. The van der Waals surface area contributed by atoms with Crippen molar-refractivity contribution in [3.63, 3.8) is 0 Å². The number of amides is 1. The smallest absolute Gasteiger partial charge is 0.250 e. The predicted octanol–water partition coefficient (Wildman–Crippen LogP) is 0.918. The molecule has 0 aromatic carbocycles. The molecule has 0 spiro atoms. The minimum atomic E-state index is -3.71. The van der Waals surface area contributed by atoms with E-state index in [1.807, 2.05) is 6.92 Å². The quantitative estimate of drug-likeness (QED) is 0.760. The molecule has 4 N–H and O–H groups in total. The zero-order valence-corrected chi connectivity index (χ0v) is 12.5. The van der Waals surface area contributed by atoms with Crippen LogP contribution in [-0.4, -0.2) is 24.3 Å². The van der Waals surface area contributed by atoms with Crippen molar-refractivity contribution in [1.82, 2.24) is 14.7 Å². The van der Waals surface area contributed by atoms with Gasteiger partial charge in [0.25, 0.3) is 10.0 Å². The van der Waals surface area contributed by atoms with Gasteiger partial charge in [0.05, 0.1) is 11.6 Å². The molecule has 0 saturated heterocycles. The van der Waals surface area contributed by atoms with Gasteiger partial charge >= 0.3 is 0 Å². The number of nitrogens with one attached hydrogen (secondary N) is 2. The number of thiophene rings is 1. The van der Waals surface area contributed by atoms with Crippen LogP contribution in [0, 0.1) is 6.92 Å². The van der Waals surface area contributed by atoms with Crippen LogP contribution < -0.4 is 10.5 Å². The summed E-state index contributed by atoms with van der Waals surface area (Å²) >= 11 is 0.945. The monoisotopic (exact) mass is 314 g/mol. The fourth-order valence-corrected chi connectivity index (χ4v) is 3.98. The van der Waals surface area contributed by atoms with Crippen molar-refractivity contribution in [3.8, 4) is 0 Å². The molecule has 0 fully saturated rings. The molecule has 2 rings (SSSR count). The van der Waals surface area contributed by atoms with Crippen LogP contribution >= 0.6 is 11.3 Å². The molecule has 20 heavy (non-hydrogen) atoms. The van der Waals surface area contributed by atoms with Crippen LogP contribution in [-0.2, 0) is 10.0 Å². The van der Waals surface area contributed by atoms with Crippen molar-refractivity contribution in [2.24, 2.45) is 5.73 Å². The number of aromatic nitrogens is 2. The highest BCUT2D eigenvalue weighted by atomic mass is 32.2. The number of rotatable bonds is 5. The van der Waals surface area contributed by atoms with Gasteiger partial charge in [-0.05, 0) is 19.9 Å². The molecule has 0 aliphatic heterocycles. The summed E-state index contributed by atoms with van der Waals surface area (Å²) in [6.07, 6.45) is 1.62. The zero-order valence-electron chi connectivity index (χ0n) is 10.9. The first-order chi connectivity index (χ1) is 9.29. The van der Waals surface area contributed by atoms with Gasteiger partial charge in [0.15, 0.2) is 0 Å². The van der Waals surface area contributed by atoms with E-state index < -0.39 is 22.0 Å². The summed E-state index contributed by atoms with van der Waals surface area (Å²) in [5, 5.41) is 1.42. The molecule has 2 aromatic rings. The molecule has 108 valence electrons. The molecule has 2 heterocycles. The summed E-state index contributed by atoms with van der Waals surface area (Å²) in [7, 11) is -3.71. The van der Waals surface area contributed by atoms with E-state index in [4.69, 9.17) is 5.73 Å². The van der Waals surface area contributed by atoms with Gasteiger partial charge < -0.3 is 10.7 Å². The average Bonchev–Trinajstić information content (AvgIpc) is 2.96. The highest BCUT2D eigenvalue weighted by Crippen LogP contribution is 2.22. The van der Waals surface area contributed by atoms with Crippen molar-refractivity contribution < 1.29 is 13.2 Å². The summed E-state index contributed by atoms with van der Waals surface area (Å²) < 4.78 is 26.9. The van der Waals surface area contributed by atoms with Gasteiger partial charge in [0.1, 0.15) is 10.0 Å². The van der Waals surface area contributed by atoms with Crippen molar-refractivity contribution in [2.75, 3.05) is 0 Å². The Balaban J connectivity index is 2.20. The van der Waals surface area contributed by atoms with Gasteiger partial charge in [-0.1, -0.05) is 0 Å². The molecule has 1 amide bonds. The minimum absolute atomic E-state index is 0.0430. The van der Waals surface area contributed by atoms with Crippen LogP contribution in [0.2, 0.25) is 0 Å². The first-order valence-electron chi connectivity index (χ1n) is 5.72. The second kappa shape index (κ2) is 5.35. The van der Waals surface area contributed by atoms with E-state index in [1.165, 1.54) is 11.4 Å². The van der Waals surface area contributed by atoms with Crippen LogP contribution in [0.25, 0.3) is 0 Å². The number of hydrogen-bond donors (Lipinski definition) is 3. The van der Waals surface area contributed by atoms with Gasteiger partial charge in [-0.25, -0.2) is 18.1 Å². The molecule has 9 heteroatoms. The molecule has 0 saturated carbocycles. The number of carbonyl (C=O) groups excluding carboxylic acids is 1. The van der Waals surface area contributed by atoms with E-state index >= 15 is 0 Å². The standard InChI is InChI=1S/C11H14N4O3S2/c1-6-4-13-11(14-6)7(2)15-20(17,18)9-3-8(5-19-9)10(12)16/h3-5,7,15H,1-2H3,(H2,12,16)(H,13,14)/t7-/m1/s1. The lowest BCUT2D eigenvalue weighted by Gasteiger charge is -2.10. The Morgan fingerprint density at radius 2 is 2.25 bits per heavy atom. The molecule has 0 unspecified atom stereocenters. The normalized spacial score (nSPS) is 13.3. The number of H-pyrrole nitrogens is 1. The highest BCUT2D eigenvalue weighted by molar-refractivity contribution is 7.91. The van der Waals surface area contributed by atoms with E-state index in [1.54, 1.807) is 13.1 Å². The molecule has 1 atom stereocenters. The number of aromatic amines is 1. The van der Waals surface area contributed by atoms with Crippen LogP contribution in [0.1, 0.15) is 34.8 Å². The second-order valence-electron chi connectivity index (χ2n) is 4.31. The average molecular weight is 314 g/mol. The third-order valence-electron chi connectivity index (χ3n) is 2.59. The summed E-state index contributed by atoms with van der Waals surface area (Å²) in [5.74, 6) is -0.129. The summed E-state index contributed by atoms with van der Waals surface area (Å²) in [5.41, 5.74) is 6.13. The first kappa shape index (κ1) is 14.7. The first-order valence-corrected chi connectivity index (χ1v) is 8.08. The van der Waals surface area contributed by atoms with Gasteiger partial charge in [-0.3, -0.25) is 4.79 Å². The van der Waals surface area contributed by atoms with Crippen molar-refractivity contribution in [1.29, 1.82) is 0 Å². The van der Waals surface area contributed by atoms with Gasteiger partial charge in [0.2, 0.25) is 5.91 Å². The number of imidazole rings is 1. The molecule has 7 nitrogen and oxygen atoms in total. The summed E-state index contributed by atoms with van der Waals surface area (Å²) in [6.45, 7) is 3.51. The Bertz CT molecular complexity index is 732. The topological polar surface area (TPSA) is 118 Å². The minimum Gasteiger partial charge on any atom is -0.366 e. The van der Waals surface area contributed by atoms with E-state index in [0.29, 0.717) is 5.82 Å². The lowest BCUT2D eigenvalue weighted by atomic mass is 10.3. The molecular weight excluding hydrogens is 300 g/mol. The Kier molecular flexibility index (Phi) is 3.93. The van der Waals surface area contributed by atoms with E-state index in [2.05, 4.69) is 14.7 Å². The number of primary amides is 1. The van der Waals surface area contributed by atoms with Crippen molar-refractivity contribution in [2.45, 2.75) is 24.1 Å². The number of nitrogens with two attached hydrogens (primary N) is 1. The second-order valence-corrected chi connectivity index (χ2v) is 7.17. The van der Waals surface area contributed by atoms with Crippen molar-refractivity contribution in [3.05, 3.63) is 34.7 Å². The van der Waals surface area contributed by atoms with E-state index in [-0.39, 0.29) is 9.77 Å². The number of sulfonamides is 1.